The third kappa shape index (κ3) is 4.70. The molecule has 1 unspecified atom stereocenters. The molecule has 160 valence electrons. The summed E-state index contributed by atoms with van der Waals surface area (Å²) >= 11 is 7.10. The van der Waals surface area contributed by atoms with Gasteiger partial charge >= 0.3 is 0 Å². The number of aromatic amines is 1. The lowest BCUT2D eigenvalue weighted by Crippen LogP contribution is -2.33. The summed E-state index contributed by atoms with van der Waals surface area (Å²) < 4.78 is 4.02. The highest BCUT2D eigenvalue weighted by Crippen LogP contribution is 2.20. The van der Waals surface area contributed by atoms with Gasteiger partial charge in [-0.3, -0.25) is 18.9 Å². The smallest absolute Gasteiger partial charge is 0.240 e. The largest absolute Gasteiger partial charge is 0.344 e. The number of thioether (sulfide) groups is 1. The Morgan fingerprint density at radius 2 is 2.03 bits per heavy atom. The van der Waals surface area contributed by atoms with E-state index in [0.29, 0.717) is 16.4 Å². The van der Waals surface area contributed by atoms with Crippen molar-refractivity contribution in [3.05, 3.63) is 64.8 Å². The van der Waals surface area contributed by atoms with Gasteiger partial charge < -0.3 is 5.32 Å². The molecule has 4 rings (SSSR count). The Morgan fingerprint density at radius 3 is 2.81 bits per heavy atom. The summed E-state index contributed by atoms with van der Waals surface area (Å²) in [7, 11) is 0. The topological polar surface area (TPSA) is 92.9 Å². The van der Waals surface area contributed by atoms with Crippen LogP contribution in [0.4, 0.5) is 0 Å². The summed E-state index contributed by atoms with van der Waals surface area (Å²) in [6.45, 7) is 2.09. The molecule has 31 heavy (non-hydrogen) atoms. The van der Waals surface area contributed by atoms with Crippen LogP contribution in [0.2, 0.25) is 0 Å². The molecular weight excluding hydrogens is 430 g/mol. The van der Waals surface area contributed by atoms with Crippen LogP contribution in [0.25, 0.3) is 17.0 Å². The molecule has 10 heteroatoms. The van der Waals surface area contributed by atoms with Crippen LogP contribution < -0.4 is 5.32 Å². The van der Waals surface area contributed by atoms with Crippen LogP contribution in [0, 0.1) is 11.7 Å². The van der Waals surface area contributed by atoms with Crippen LogP contribution >= 0.6 is 24.0 Å². The molecule has 0 saturated carbocycles. The van der Waals surface area contributed by atoms with Crippen molar-refractivity contribution >= 4 is 35.5 Å². The molecule has 0 aliphatic heterocycles. The molecule has 3 aromatic heterocycles. The molecule has 4 aromatic rings. The number of carbonyl (C=O) groups excluding carboxylic acids is 1. The number of nitrogens with zero attached hydrogens (tertiary/aromatic N) is 5. The first-order chi connectivity index (χ1) is 15.1. The quantitative estimate of drug-likeness (QED) is 0.396. The molecule has 0 radical (unpaired) electrons. The van der Waals surface area contributed by atoms with E-state index in [2.05, 4.69) is 25.7 Å². The zero-order valence-electron chi connectivity index (χ0n) is 17.3. The van der Waals surface area contributed by atoms with Gasteiger partial charge in [-0.15, -0.1) is 10.2 Å². The minimum absolute atomic E-state index is 0.0606. The van der Waals surface area contributed by atoms with E-state index in [4.69, 9.17) is 12.2 Å². The van der Waals surface area contributed by atoms with Crippen LogP contribution in [0.3, 0.4) is 0 Å². The number of hydrogen-bond acceptors (Lipinski definition) is 6. The Morgan fingerprint density at radius 1 is 1.23 bits per heavy atom. The second-order valence-electron chi connectivity index (χ2n) is 7.19. The SMILES string of the molecule is CSCCC(NC(=O)Cn1c(-c2ccc(C)cc2)n[nH]c1=S)c1nnc2ccccn12. The first-order valence-corrected chi connectivity index (χ1v) is 11.7. The number of rotatable bonds is 8. The van der Waals surface area contributed by atoms with Gasteiger partial charge in [-0.25, -0.2) is 0 Å². The number of carbonyl (C=O) groups is 1. The molecule has 0 spiro atoms. The van der Waals surface area contributed by atoms with Gasteiger partial charge in [-0.2, -0.15) is 16.9 Å². The maximum Gasteiger partial charge on any atom is 0.240 e. The Hall–Kier alpha value is -2.98. The van der Waals surface area contributed by atoms with Gasteiger partial charge in [-0.05, 0) is 49.7 Å². The van der Waals surface area contributed by atoms with Crippen LogP contribution in [-0.4, -0.2) is 47.3 Å². The molecule has 1 amide bonds. The molecule has 2 N–H and O–H groups in total. The molecule has 0 aliphatic rings. The van der Waals surface area contributed by atoms with Crippen LogP contribution in [0.15, 0.2) is 48.7 Å². The second kappa shape index (κ2) is 9.44. The van der Waals surface area contributed by atoms with Crippen molar-refractivity contribution in [1.29, 1.82) is 0 Å². The maximum atomic E-state index is 13.0. The number of amides is 1. The fourth-order valence-corrected chi connectivity index (χ4v) is 4.04. The third-order valence-corrected chi connectivity index (χ3v) is 5.92. The number of fused-ring (bicyclic) bond motifs is 1. The lowest BCUT2D eigenvalue weighted by atomic mass is 10.1. The summed E-state index contributed by atoms with van der Waals surface area (Å²) in [6, 6.07) is 13.4. The van der Waals surface area contributed by atoms with E-state index in [-0.39, 0.29) is 18.5 Å². The predicted octanol–water partition coefficient (Wildman–Crippen LogP) is 3.57. The fraction of sp³-hybridized carbons (Fsp3) is 0.286. The van der Waals surface area contributed by atoms with Gasteiger partial charge in [0.25, 0.3) is 0 Å². The van der Waals surface area contributed by atoms with Crippen molar-refractivity contribution in [2.24, 2.45) is 0 Å². The lowest BCUT2D eigenvalue weighted by molar-refractivity contribution is -0.122. The average molecular weight is 454 g/mol. The van der Waals surface area contributed by atoms with Crippen molar-refractivity contribution in [3.8, 4) is 11.4 Å². The number of benzene rings is 1. The Balaban J connectivity index is 1.57. The van der Waals surface area contributed by atoms with E-state index >= 15 is 0 Å². The van der Waals surface area contributed by atoms with E-state index in [0.717, 1.165) is 28.9 Å². The normalized spacial score (nSPS) is 12.2. The Bertz CT molecular complexity index is 1240. The molecule has 0 bridgehead atoms. The van der Waals surface area contributed by atoms with Crippen molar-refractivity contribution in [1.82, 2.24) is 34.7 Å². The zero-order valence-corrected chi connectivity index (χ0v) is 18.9. The Labute approximate surface area is 189 Å². The molecule has 0 saturated heterocycles. The minimum atomic E-state index is -0.263. The second-order valence-corrected chi connectivity index (χ2v) is 8.57. The monoisotopic (exact) mass is 453 g/mol. The zero-order chi connectivity index (χ0) is 21.8. The van der Waals surface area contributed by atoms with Crippen molar-refractivity contribution in [3.63, 3.8) is 0 Å². The summed E-state index contributed by atoms with van der Waals surface area (Å²) in [6.07, 6.45) is 4.69. The number of pyridine rings is 1. The number of aromatic nitrogens is 6. The van der Waals surface area contributed by atoms with Gasteiger partial charge in [0, 0.05) is 11.8 Å². The lowest BCUT2D eigenvalue weighted by Gasteiger charge is -2.17. The van der Waals surface area contributed by atoms with Crippen molar-refractivity contribution < 1.29 is 4.79 Å². The average Bonchev–Trinajstić information content (AvgIpc) is 3.36. The third-order valence-electron chi connectivity index (χ3n) is 4.97. The van der Waals surface area contributed by atoms with Gasteiger partial charge in [0.2, 0.25) is 5.91 Å². The van der Waals surface area contributed by atoms with E-state index in [9.17, 15) is 4.79 Å². The molecule has 8 nitrogen and oxygen atoms in total. The molecule has 0 aliphatic carbocycles. The number of nitrogens with one attached hydrogen (secondary N) is 2. The molecule has 1 atom stereocenters. The van der Waals surface area contributed by atoms with Gasteiger partial charge in [-0.1, -0.05) is 35.9 Å². The maximum absolute atomic E-state index is 13.0. The Kier molecular flexibility index (Phi) is 6.47. The minimum Gasteiger partial charge on any atom is -0.344 e. The van der Waals surface area contributed by atoms with Crippen LogP contribution in [0.1, 0.15) is 23.9 Å². The molecule has 1 aromatic carbocycles. The predicted molar refractivity (Wildman–Crippen MR) is 124 cm³/mol. The van der Waals surface area contributed by atoms with E-state index in [1.54, 1.807) is 16.3 Å². The molecule has 3 heterocycles. The van der Waals surface area contributed by atoms with E-state index in [1.807, 2.05) is 66.2 Å². The van der Waals surface area contributed by atoms with Gasteiger partial charge in [0.05, 0.1) is 6.04 Å². The summed E-state index contributed by atoms with van der Waals surface area (Å²) in [5.41, 5.74) is 2.80. The highest BCUT2D eigenvalue weighted by atomic mass is 32.2. The van der Waals surface area contributed by atoms with Crippen LogP contribution in [0.5, 0.6) is 0 Å². The molecular formula is C21H23N7OS2. The van der Waals surface area contributed by atoms with Gasteiger partial charge in [0.15, 0.2) is 22.1 Å². The highest BCUT2D eigenvalue weighted by Gasteiger charge is 2.21. The fourth-order valence-electron chi connectivity index (χ4n) is 3.37. The van der Waals surface area contributed by atoms with Crippen molar-refractivity contribution in [2.75, 3.05) is 12.0 Å². The number of H-pyrrole nitrogens is 1. The van der Waals surface area contributed by atoms with Crippen LogP contribution in [-0.2, 0) is 11.3 Å². The number of hydrogen-bond donors (Lipinski definition) is 2. The van der Waals surface area contributed by atoms with Crippen molar-refractivity contribution in [2.45, 2.75) is 25.9 Å². The van der Waals surface area contributed by atoms with E-state index in [1.165, 1.54) is 0 Å². The van der Waals surface area contributed by atoms with Gasteiger partial charge in [0.1, 0.15) is 6.54 Å². The highest BCUT2D eigenvalue weighted by molar-refractivity contribution is 7.98. The standard InChI is InChI=1S/C21H23N7OS2/c1-14-6-8-15(9-7-14)19-24-26-21(30)28(19)13-18(29)22-16(10-12-31-2)20-25-23-17-5-3-4-11-27(17)20/h3-9,11,16H,10,12-13H2,1-2H3,(H,22,29)(H,26,30). The number of aryl methyl sites for hydroxylation is 1. The summed E-state index contributed by atoms with van der Waals surface area (Å²) in [5, 5.41) is 18.8. The first kappa shape index (κ1) is 21.3. The molecule has 0 fully saturated rings. The first-order valence-electron chi connectivity index (χ1n) is 9.87. The summed E-state index contributed by atoms with van der Waals surface area (Å²) in [4.78, 5) is 13.0. The van der Waals surface area contributed by atoms with E-state index < -0.39 is 0 Å². The summed E-state index contributed by atoms with van der Waals surface area (Å²) in [5.74, 6) is 2.07.